The largest absolute Gasteiger partial charge is 0.503 e. The van der Waals surface area contributed by atoms with Crippen molar-refractivity contribution in [2.75, 3.05) is 25.6 Å². The van der Waals surface area contributed by atoms with E-state index in [1.54, 1.807) is 49.6 Å². The number of aliphatic hydroxyl groups is 3. The van der Waals surface area contributed by atoms with Gasteiger partial charge in [-0.15, -0.1) is 5.11 Å². The predicted molar refractivity (Wildman–Crippen MR) is 148 cm³/mol. The minimum atomic E-state index is -0.610. The zero-order valence-electron chi connectivity index (χ0n) is 21.5. The summed E-state index contributed by atoms with van der Waals surface area (Å²) in [6.45, 7) is 1.30. The maximum Gasteiger partial charge on any atom is 0.251 e. The van der Waals surface area contributed by atoms with Gasteiger partial charge in [0, 0.05) is 30.5 Å². The van der Waals surface area contributed by atoms with E-state index in [2.05, 4.69) is 21.0 Å². The van der Waals surface area contributed by atoms with Crippen molar-refractivity contribution < 1.29 is 29.6 Å². The Kier molecular flexibility index (Phi) is 8.62. The van der Waals surface area contributed by atoms with Gasteiger partial charge >= 0.3 is 0 Å². The number of benzene rings is 3. The second-order valence-electron chi connectivity index (χ2n) is 8.65. The fraction of sp³-hybridized carbons (Fsp3) is 0.143. The molecule has 3 aromatic carbocycles. The van der Waals surface area contributed by atoms with E-state index in [9.17, 15) is 20.1 Å². The number of rotatable bonds is 11. The number of carbonyl (C=O) groups excluding carboxylic acids is 1. The highest BCUT2D eigenvalue weighted by molar-refractivity contribution is 5.99. The maximum atomic E-state index is 12.7. The molecule has 0 atom stereocenters. The molecular formula is C28H28N6O6. The second kappa shape index (κ2) is 12.5. The Morgan fingerprint density at radius 2 is 1.62 bits per heavy atom. The molecule has 3 aromatic rings. The molecule has 206 valence electrons. The summed E-state index contributed by atoms with van der Waals surface area (Å²) in [5.41, 5.74) is 3.41. The molecule has 0 spiro atoms. The van der Waals surface area contributed by atoms with E-state index in [1.807, 2.05) is 24.3 Å². The van der Waals surface area contributed by atoms with Gasteiger partial charge in [-0.25, -0.2) is 0 Å². The standard InChI is InChI=1S/C28H28N6O6/c1-39-10-11-40-22-8-2-16(3-9-22)15-31-28(38)18-6-4-17(5-7-18)19-12-20(27(29)33-34-30)14-21(13-19)32-23-24(35)26(37)25(23)36/h2-9,12-14,32,35-37H,10-11,15H2,1H3,(H,31,38)(H3,29,30,33). The van der Waals surface area contributed by atoms with Crippen LogP contribution in [0, 0.1) is 5.41 Å². The number of anilines is 1. The summed E-state index contributed by atoms with van der Waals surface area (Å²) in [4.78, 5) is 12.7. The Bertz CT molecular complexity index is 1500. The van der Waals surface area contributed by atoms with Gasteiger partial charge in [-0.2, -0.15) is 0 Å². The summed E-state index contributed by atoms with van der Waals surface area (Å²) in [6, 6.07) is 19.2. The van der Waals surface area contributed by atoms with Crippen LogP contribution in [0.25, 0.3) is 11.1 Å². The number of nitrogens with zero attached hydrogens (tertiary/aromatic N) is 2. The zero-order valence-corrected chi connectivity index (χ0v) is 21.5. The van der Waals surface area contributed by atoms with Crippen molar-refractivity contribution in [1.29, 1.82) is 5.41 Å². The Hall–Kier alpha value is -5.36. The van der Waals surface area contributed by atoms with Crippen LogP contribution in [0.1, 0.15) is 21.5 Å². The number of nitrogens with one attached hydrogen (secondary N) is 3. The van der Waals surface area contributed by atoms with Crippen LogP contribution in [-0.4, -0.2) is 47.4 Å². The normalized spacial score (nSPS) is 12.8. The van der Waals surface area contributed by atoms with E-state index in [-0.39, 0.29) is 17.4 Å². The molecule has 0 radical (unpaired) electrons. The van der Waals surface area contributed by atoms with Gasteiger partial charge in [0.05, 0.1) is 6.61 Å². The number of aliphatic hydroxyl groups excluding tert-OH is 3. The first-order valence-corrected chi connectivity index (χ1v) is 12.1. The van der Waals surface area contributed by atoms with Gasteiger partial charge in [0.25, 0.3) is 5.91 Å². The lowest BCUT2D eigenvalue weighted by atomic mass is 9.99. The highest BCUT2D eigenvalue weighted by Gasteiger charge is 2.29. The van der Waals surface area contributed by atoms with Crippen LogP contribution < -0.4 is 21.2 Å². The fourth-order valence-electron chi connectivity index (χ4n) is 3.82. The summed E-state index contributed by atoms with van der Waals surface area (Å²) < 4.78 is 10.5. The summed E-state index contributed by atoms with van der Waals surface area (Å²) in [5, 5.41) is 49.6. The van der Waals surface area contributed by atoms with Gasteiger partial charge in [0.15, 0.2) is 17.4 Å². The average Bonchev–Trinajstić information content (AvgIpc) is 2.99. The second-order valence-corrected chi connectivity index (χ2v) is 8.65. The molecule has 0 heterocycles. The van der Waals surface area contributed by atoms with Crippen LogP contribution in [0.4, 0.5) is 5.69 Å². The van der Waals surface area contributed by atoms with Gasteiger partial charge in [-0.1, -0.05) is 29.5 Å². The predicted octanol–water partition coefficient (Wildman–Crippen LogP) is 4.48. The van der Waals surface area contributed by atoms with E-state index >= 15 is 0 Å². The Morgan fingerprint density at radius 3 is 2.27 bits per heavy atom. The van der Waals surface area contributed by atoms with Crippen molar-refractivity contribution in [2.24, 2.45) is 16.2 Å². The minimum absolute atomic E-state index is 0.0622. The maximum absolute atomic E-state index is 12.7. The first kappa shape index (κ1) is 27.7. The zero-order chi connectivity index (χ0) is 28.6. The number of methoxy groups -OCH3 is 1. The molecule has 0 fully saturated rings. The van der Waals surface area contributed by atoms with Crippen LogP contribution in [0.2, 0.25) is 0 Å². The van der Waals surface area contributed by atoms with Gasteiger partial charge in [-0.05, 0) is 59.2 Å². The van der Waals surface area contributed by atoms with E-state index in [0.717, 1.165) is 16.9 Å². The summed E-state index contributed by atoms with van der Waals surface area (Å²) in [5.74, 6) is 3.78. The molecule has 12 nitrogen and oxygen atoms in total. The molecule has 0 aromatic heterocycles. The lowest BCUT2D eigenvalue weighted by Crippen LogP contribution is -2.22. The molecule has 1 amide bonds. The summed E-state index contributed by atoms with van der Waals surface area (Å²) in [7, 11) is 1.61. The lowest BCUT2D eigenvalue weighted by Gasteiger charge is -2.21. The highest BCUT2D eigenvalue weighted by atomic mass is 16.5. The van der Waals surface area contributed by atoms with Crippen LogP contribution in [0.15, 0.2) is 100 Å². The van der Waals surface area contributed by atoms with Gasteiger partial charge < -0.3 is 41.3 Å². The minimum Gasteiger partial charge on any atom is -0.503 e. The first-order valence-electron chi connectivity index (χ1n) is 12.1. The van der Waals surface area contributed by atoms with Gasteiger partial charge in [0.1, 0.15) is 18.1 Å². The van der Waals surface area contributed by atoms with E-state index in [0.29, 0.717) is 42.1 Å². The molecule has 4 rings (SSSR count). The molecule has 0 aliphatic heterocycles. The average molecular weight is 545 g/mol. The molecule has 1 aliphatic carbocycles. The van der Waals surface area contributed by atoms with Crippen molar-refractivity contribution in [2.45, 2.75) is 6.54 Å². The number of hydrogen-bond donors (Lipinski definition) is 7. The van der Waals surface area contributed by atoms with Crippen molar-refractivity contribution in [3.8, 4) is 16.9 Å². The van der Waals surface area contributed by atoms with Crippen molar-refractivity contribution in [1.82, 2.24) is 5.32 Å². The van der Waals surface area contributed by atoms with Gasteiger partial charge in [-0.3, -0.25) is 10.2 Å². The van der Waals surface area contributed by atoms with Crippen LogP contribution in [0.3, 0.4) is 0 Å². The Labute approximate surface area is 229 Å². The van der Waals surface area contributed by atoms with Crippen molar-refractivity contribution in [3.05, 3.63) is 106 Å². The number of amides is 1. The van der Waals surface area contributed by atoms with Crippen LogP contribution in [0.5, 0.6) is 5.75 Å². The monoisotopic (exact) mass is 544 g/mol. The molecule has 8 N–H and O–H groups in total. The van der Waals surface area contributed by atoms with Crippen LogP contribution in [-0.2, 0) is 11.3 Å². The Balaban J connectivity index is 1.46. The molecule has 0 saturated heterocycles. The number of hydrogen-bond acceptors (Lipinski definition) is 9. The molecule has 0 saturated carbocycles. The topological polar surface area (TPSA) is 195 Å². The fourth-order valence-corrected chi connectivity index (χ4v) is 3.82. The smallest absolute Gasteiger partial charge is 0.251 e. The van der Waals surface area contributed by atoms with E-state index in [4.69, 9.17) is 20.7 Å². The third kappa shape index (κ3) is 6.37. The SMILES string of the molecule is COCCOc1ccc(CNC(=O)c2ccc(-c3cc(NC4=C(O)C(O)=C4O)cc(C(=N)N=NN)c3)cc2)cc1. The van der Waals surface area contributed by atoms with E-state index in [1.165, 1.54) is 0 Å². The number of nitrogens with two attached hydrogens (primary N) is 1. The summed E-state index contributed by atoms with van der Waals surface area (Å²) in [6.07, 6.45) is 0. The third-order valence-corrected chi connectivity index (χ3v) is 5.97. The highest BCUT2D eigenvalue weighted by Crippen LogP contribution is 2.33. The quantitative estimate of drug-likeness (QED) is 0.0458. The molecule has 40 heavy (non-hydrogen) atoms. The van der Waals surface area contributed by atoms with Crippen molar-refractivity contribution in [3.63, 3.8) is 0 Å². The molecule has 1 aliphatic rings. The summed E-state index contributed by atoms with van der Waals surface area (Å²) >= 11 is 0. The first-order chi connectivity index (χ1) is 19.3. The number of ether oxygens (including phenoxy) is 2. The molecular weight excluding hydrogens is 516 g/mol. The van der Waals surface area contributed by atoms with Crippen LogP contribution >= 0.6 is 0 Å². The number of carbonyl (C=O) groups is 1. The van der Waals surface area contributed by atoms with E-state index < -0.39 is 17.3 Å². The third-order valence-electron chi connectivity index (χ3n) is 5.97. The molecule has 0 bridgehead atoms. The Morgan fingerprint density at radius 1 is 0.900 bits per heavy atom. The number of amidine groups is 1. The van der Waals surface area contributed by atoms with Gasteiger partial charge in [0.2, 0.25) is 5.76 Å². The lowest BCUT2D eigenvalue weighted by molar-refractivity contribution is 0.0951. The molecule has 12 heteroatoms. The molecule has 0 unspecified atom stereocenters. The van der Waals surface area contributed by atoms with Crippen molar-refractivity contribution >= 4 is 17.4 Å².